The van der Waals surface area contributed by atoms with Crippen molar-refractivity contribution in [2.45, 2.75) is 51.6 Å². The van der Waals surface area contributed by atoms with E-state index in [0.29, 0.717) is 6.04 Å². The SMILES string of the molecule is CCC[C@H](N)C(=O)N(CC)C1CC1. The van der Waals surface area contributed by atoms with Gasteiger partial charge >= 0.3 is 0 Å². The molecule has 1 atom stereocenters. The summed E-state index contributed by atoms with van der Waals surface area (Å²) in [6, 6.07) is 0.228. The molecule has 0 spiro atoms. The van der Waals surface area contributed by atoms with Gasteiger partial charge in [-0.25, -0.2) is 0 Å². The molecule has 2 N–H and O–H groups in total. The molecular formula is C10H20N2O. The van der Waals surface area contributed by atoms with Gasteiger partial charge in [0.2, 0.25) is 5.91 Å². The molecule has 0 aromatic rings. The van der Waals surface area contributed by atoms with Crippen molar-refractivity contribution in [1.82, 2.24) is 4.90 Å². The van der Waals surface area contributed by atoms with Crippen molar-refractivity contribution in [3.63, 3.8) is 0 Å². The lowest BCUT2D eigenvalue weighted by Gasteiger charge is -2.23. The molecule has 1 amide bonds. The molecule has 1 fully saturated rings. The van der Waals surface area contributed by atoms with Gasteiger partial charge in [-0.05, 0) is 26.2 Å². The number of nitrogens with two attached hydrogens (primary N) is 1. The Morgan fingerprint density at radius 3 is 2.54 bits per heavy atom. The highest BCUT2D eigenvalue weighted by Gasteiger charge is 2.33. The zero-order valence-electron chi connectivity index (χ0n) is 8.62. The Kier molecular flexibility index (Phi) is 3.72. The van der Waals surface area contributed by atoms with Gasteiger partial charge in [-0.3, -0.25) is 4.79 Å². The first-order chi connectivity index (χ1) is 6.20. The second-order valence-corrected chi connectivity index (χ2v) is 3.75. The molecule has 0 aromatic carbocycles. The fourth-order valence-corrected chi connectivity index (χ4v) is 1.63. The Morgan fingerprint density at radius 1 is 1.54 bits per heavy atom. The third-order valence-corrected chi connectivity index (χ3v) is 2.53. The zero-order chi connectivity index (χ0) is 9.84. The van der Waals surface area contributed by atoms with Gasteiger partial charge < -0.3 is 10.6 Å². The lowest BCUT2D eigenvalue weighted by molar-refractivity contribution is -0.133. The number of hydrogen-bond donors (Lipinski definition) is 1. The van der Waals surface area contributed by atoms with E-state index in [9.17, 15) is 4.79 Å². The highest BCUT2D eigenvalue weighted by Crippen LogP contribution is 2.27. The normalized spacial score (nSPS) is 18.4. The zero-order valence-corrected chi connectivity index (χ0v) is 8.62. The summed E-state index contributed by atoms with van der Waals surface area (Å²) < 4.78 is 0. The van der Waals surface area contributed by atoms with Crippen LogP contribution in [0.2, 0.25) is 0 Å². The van der Waals surface area contributed by atoms with Gasteiger partial charge in [0.1, 0.15) is 0 Å². The molecule has 3 heteroatoms. The summed E-state index contributed by atoms with van der Waals surface area (Å²) in [6.45, 7) is 4.89. The minimum Gasteiger partial charge on any atom is -0.339 e. The summed E-state index contributed by atoms with van der Waals surface area (Å²) >= 11 is 0. The summed E-state index contributed by atoms with van der Waals surface area (Å²) in [7, 11) is 0. The van der Waals surface area contributed by atoms with Gasteiger partial charge in [0.05, 0.1) is 6.04 Å². The molecule has 1 aliphatic carbocycles. The molecule has 1 saturated carbocycles. The number of hydrogen-bond acceptors (Lipinski definition) is 2. The topological polar surface area (TPSA) is 46.3 Å². The fraction of sp³-hybridized carbons (Fsp3) is 0.900. The first-order valence-corrected chi connectivity index (χ1v) is 5.26. The van der Waals surface area contributed by atoms with Crippen molar-refractivity contribution in [2.75, 3.05) is 6.54 Å². The van der Waals surface area contributed by atoms with E-state index in [-0.39, 0.29) is 11.9 Å². The van der Waals surface area contributed by atoms with Crippen molar-refractivity contribution in [3.05, 3.63) is 0 Å². The van der Waals surface area contributed by atoms with Crippen molar-refractivity contribution in [2.24, 2.45) is 5.73 Å². The quantitative estimate of drug-likeness (QED) is 0.696. The summed E-state index contributed by atoms with van der Waals surface area (Å²) in [6.07, 6.45) is 4.12. The van der Waals surface area contributed by atoms with Gasteiger partial charge in [0, 0.05) is 12.6 Å². The fourth-order valence-electron chi connectivity index (χ4n) is 1.63. The predicted octanol–water partition coefficient (Wildman–Crippen LogP) is 1.12. The second-order valence-electron chi connectivity index (χ2n) is 3.75. The first-order valence-electron chi connectivity index (χ1n) is 5.26. The van der Waals surface area contributed by atoms with Crippen molar-refractivity contribution < 1.29 is 4.79 Å². The second kappa shape index (κ2) is 4.61. The number of rotatable bonds is 5. The van der Waals surface area contributed by atoms with Crippen molar-refractivity contribution in [1.29, 1.82) is 0 Å². The van der Waals surface area contributed by atoms with Crippen molar-refractivity contribution >= 4 is 5.91 Å². The Hall–Kier alpha value is -0.570. The van der Waals surface area contributed by atoms with Crippen molar-refractivity contribution in [3.8, 4) is 0 Å². The summed E-state index contributed by atoms with van der Waals surface area (Å²) in [5, 5.41) is 0. The number of nitrogens with zero attached hydrogens (tertiary/aromatic N) is 1. The van der Waals surface area contributed by atoms with E-state index in [1.54, 1.807) is 0 Å². The lowest BCUT2D eigenvalue weighted by Crippen LogP contribution is -2.44. The first kappa shape index (κ1) is 10.5. The largest absolute Gasteiger partial charge is 0.339 e. The van der Waals surface area contributed by atoms with Gasteiger partial charge in [-0.15, -0.1) is 0 Å². The summed E-state index contributed by atoms with van der Waals surface area (Å²) in [5.74, 6) is 0.145. The molecule has 3 nitrogen and oxygen atoms in total. The molecule has 0 aromatic heterocycles. The maximum atomic E-state index is 11.7. The Balaban J connectivity index is 2.42. The van der Waals surface area contributed by atoms with Crippen LogP contribution in [0.5, 0.6) is 0 Å². The Morgan fingerprint density at radius 2 is 2.15 bits per heavy atom. The molecule has 0 unspecified atom stereocenters. The molecular weight excluding hydrogens is 164 g/mol. The standard InChI is InChI=1S/C10H20N2O/c1-3-5-9(11)10(13)12(4-2)8-6-7-8/h8-9H,3-7,11H2,1-2H3/t9-/m0/s1. The van der Waals surface area contributed by atoms with E-state index >= 15 is 0 Å². The predicted molar refractivity (Wildman–Crippen MR) is 53.3 cm³/mol. The molecule has 13 heavy (non-hydrogen) atoms. The van der Waals surface area contributed by atoms with Gasteiger partial charge in [-0.2, -0.15) is 0 Å². The minimum absolute atomic E-state index is 0.145. The Bertz CT molecular complexity index is 178. The molecule has 0 bridgehead atoms. The molecule has 76 valence electrons. The van der Waals surface area contributed by atoms with E-state index in [0.717, 1.165) is 19.4 Å². The molecule has 0 aliphatic heterocycles. The third kappa shape index (κ3) is 2.69. The van der Waals surface area contributed by atoms with E-state index in [1.807, 2.05) is 11.8 Å². The van der Waals surface area contributed by atoms with Crippen LogP contribution in [0.4, 0.5) is 0 Å². The average Bonchev–Trinajstić information content (AvgIpc) is 2.90. The highest BCUT2D eigenvalue weighted by molar-refractivity contribution is 5.82. The summed E-state index contributed by atoms with van der Waals surface area (Å²) in [5.41, 5.74) is 5.78. The van der Waals surface area contributed by atoms with Crippen LogP contribution in [0.15, 0.2) is 0 Å². The van der Waals surface area contributed by atoms with Crippen LogP contribution >= 0.6 is 0 Å². The number of carbonyl (C=O) groups is 1. The van der Waals surface area contributed by atoms with Gasteiger partial charge in [-0.1, -0.05) is 13.3 Å². The van der Waals surface area contributed by atoms with Crippen LogP contribution < -0.4 is 5.73 Å². The highest BCUT2D eigenvalue weighted by atomic mass is 16.2. The van der Waals surface area contributed by atoms with Crippen LogP contribution in [0.25, 0.3) is 0 Å². The molecule has 0 radical (unpaired) electrons. The monoisotopic (exact) mass is 184 g/mol. The van der Waals surface area contributed by atoms with Crippen LogP contribution in [0.1, 0.15) is 39.5 Å². The number of likely N-dealkylation sites (N-methyl/N-ethyl adjacent to an activating group) is 1. The van der Waals surface area contributed by atoms with Crippen LogP contribution in [0.3, 0.4) is 0 Å². The van der Waals surface area contributed by atoms with E-state index < -0.39 is 0 Å². The van der Waals surface area contributed by atoms with E-state index in [2.05, 4.69) is 6.92 Å². The summed E-state index contributed by atoms with van der Waals surface area (Å²) in [4.78, 5) is 13.7. The average molecular weight is 184 g/mol. The minimum atomic E-state index is -0.273. The maximum absolute atomic E-state index is 11.7. The smallest absolute Gasteiger partial charge is 0.239 e. The molecule has 1 aliphatic rings. The van der Waals surface area contributed by atoms with E-state index in [4.69, 9.17) is 5.73 Å². The molecule has 0 heterocycles. The van der Waals surface area contributed by atoms with Gasteiger partial charge in [0.15, 0.2) is 0 Å². The van der Waals surface area contributed by atoms with Crippen LogP contribution in [0, 0.1) is 0 Å². The van der Waals surface area contributed by atoms with Crippen LogP contribution in [-0.4, -0.2) is 29.4 Å². The van der Waals surface area contributed by atoms with Crippen LogP contribution in [-0.2, 0) is 4.79 Å². The number of amides is 1. The lowest BCUT2D eigenvalue weighted by atomic mass is 10.1. The third-order valence-electron chi connectivity index (χ3n) is 2.53. The van der Waals surface area contributed by atoms with E-state index in [1.165, 1.54) is 12.8 Å². The van der Waals surface area contributed by atoms with Gasteiger partial charge in [0.25, 0.3) is 0 Å². The number of carbonyl (C=O) groups excluding carboxylic acids is 1. The molecule has 1 rings (SSSR count). The maximum Gasteiger partial charge on any atom is 0.239 e. The molecule has 0 saturated heterocycles. The Labute approximate surface area is 80.3 Å².